The van der Waals surface area contributed by atoms with E-state index in [1.54, 1.807) is 30.3 Å². The van der Waals surface area contributed by atoms with Crippen LogP contribution < -0.4 is 21.7 Å². The van der Waals surface area contributed by atoms with Gasteiger partial charge in [-0.05, 0) is 41.7 Å². The first-order valence-electron chi connectivity index (χ1n) is 13.5. The first-order valence-corrected chi connectivity index (χ1v) is 14.2. The number of halogens is 3. The van der Waals surface area contributed by atoms with E-state index >= 15 is 0 Å². The van der Waals surface area contributed by atoms with Crippen LogP contribution in [-0.2, 0) is 19.1 Å². The standard InChI is InChI=1S/C17H15Cl2FN2O.C8H14N2O3.C5H12/c18-10-4-5-11(16(6-10)22-9-23)13-7-21-8-14(13)12-2-1-3-15(19)17(12)20;1-8(13-7(12)4-9)2-6(3-8)10-5-11;1-5(2,3)4/h1-6,9,13-14,21H,7-8H2,(H,22,23);5-6H,2-4,9H2,1H3,(H,10,11);1-4H3. The molecule has 1 heterocycles. The topological polar surface area (TPSA) is 123 Å². The minimum atomic E-state index is -0.433. The van der Waals surface area contributed by atoms with Gasteiger partial charge in [0, 0.05) is 54.5 Å². The summed E-state index contributed by atoms with van der Waals surface area (Å²) in [6.45, 7) is 11.8. The molecule has 1 aliphatic heterocycles. The number of hydrogen-bond acceptors (Lipinski definition) is 6. The van der Waals surface area contributed by atoms with Crippen LogP contribution >= 0.6 is 23.2 Å². The average Bonchev–Trinajstić information content (AvgIpc) is 3.34. The third kappa shape index (κ3) is 10.9. The predicted molar refractivity (Wildman–Crippen MR) is 162 cm³/mol. The molecule has 0 aromatic heterocycles. The van der Waals surface area contributed by atoms with Gasteiger partial charge in [-0.3, -0.25) is 14.4 Å². The lowest BCUT2D eigenvalue weighted by Crippen LogP contribution is -2.54. The van der Waals surface area contributed by atoms with Gasteiger partial charge in [0.15, 0.2) is 0 Å². The minimum absolute atomic E-state index is 0.0164. The van der Waals surface area contributed by atoms with Gasteiger partial charge < -0.3 is 26.4 Å². The summed E-state index contributed by atoms with van der Waals surface area (Å²) in [5.41, 5.74) is 7.33. The van der Waals surface area contributed by atoms with Crippen LogP contribution in [0.2, 0.25) is 10.0 Å². The van der Waals surface area contributed by atoms with Crippen molar-refractivity contribution in [3.05, 3.63) is 63.4 Å². The van der Waals surface area contributed by atoms with Crippen molar-refractivity contribution in [2.45, 2.75) is 70.9 Å². The summed E-state index contributed by atoms with van der Waals surface area (Å²) >= 11 is 11.9. The largest absolute Gasteiger partial charge is 0.458 e. The summed E-state index contributed by atoms with van der Waals surface area (Å²) in [7, 11) is 0. The molecule has 1 aliphatic carbocycles. The van der Waals surface area contributed by atoms with Gasteiger partial charge in [0.2, 0.25) is 12.8 Å². The van der Waals surface area contributed by atoms with Gasteiger partial charge in [0.1, 0.15) is 11.4 Å². The van der Waals surface area contributed by atoms with Crippen molar-refractivity contribution < 1.29 is 23.5 Å². The molecule has 41 heavy (non-hydrogen) atoms. The van der Waals surface area contributed by atoms with Crippen molar-refractivity contribution >= 4 is 47.7 Å². The molecule has 226 valence electrons. The van der Waals surface area contributed by atoms with Crippen LogP contribution in [0.4, 0.5) is 10.1 Å². The summed E-state index contributed by atoms with van der Waals surface area (Å²) in [6.07, 6.45) is 2.61. The Hall–Kier alpha value is -2.72. The number of carbonyl (C=O) groups is 3. The Balaban J connectivity index is 0.000000275. The number of hydrogen-bond donors (Lipinski definition) is 4. The smallest absolute Gasteiger partial charge is 0.320 e. The molecule has 1 saturated carbocycles. The molecule has 8 nitrogen and oxygen atoms in total. The second kappa shape index (κ2) is 15.5. The highest BCUT2D eigenvalue weighted by atomic mass is 35.5. The first-order chi connectivity index (χ1) is 19.2. The van der Waals surface area contributed by atoms with Crippen LogP contribution in [0.1, 0.15) is 70.4 Å². The van der Waals surface area contributed by atoms with Crippen LogP contribution in [-0.4, -0.2) is 50.1 Å². The molecule has 11 heteroatoms. The van der Waals surface area contributed by atoms with E-state index in [0.29, 0.717) is 60.4 Å². The molecular weight excluding hydrogens is 570 g/mol. The molecule has 2 fully saturated rings. The zero-order valence-electron chi connectivity index (χ0n) is 24.2. The first kappa shape index (κ1) is 34.5. The Morgan fingerprint density at radius 3 is 2.27 bits per heavy atom. The number of ether oxygens (including phenoxy) is 1. The molecule has 2 aromatic carbocycles. The van der Waals surface area contributed by atoms with Gasteiger partial charge >= 0.3 is 5.97 Å². The van der Waals surface area contributed by atoms with Crippen LogP contribution in [0.5, 0.6) is 0 Å². The highest BCUT2D eigenvalue weighted by Gasteiger charge is 2.43. The number of benzene rings is 2. The summed E-state index contributed by atoms with van der Waals surface area (Å²) in [4.78, 5) is 31.8. The molecule has 5 N–H and O–H groups in total. The Labute approximate surface area is 251 Å². The third-order valence-corrected chi connectivity index (χ3v) is 6.94. The van der Waals surface area contributed by atoms with Crippen LogP contribution in [0.3, 0.4) is 0 Å². The van der Waals surface area contributed by atoms with Crippen molar-refractivity contribution in [2.24, 2.45) is 11.1 Å². The maximum atomic E-state index is 14.4. The summed E-state index contributed by atoms with van der Waals surface area (Å²) < 4.78 is 19.5. The van der Waals surface area contributed by atoms with Gasteiger partial charge in [-0.15, -0.1) is 0 Å². The maximum Gasteiger partial charge on any atom is 0.320 e. The summed E-state index contributed by atoms with van der Waals surface area (Å²) in [5, 5.41) is 9.25. The van der Waals surface area contributed by atoms with E-state index in [4.69, 9.17) is 33.7 Å². The van der Waals surface area contributed by atoms with Crippen LogP contribution in [0, 0.1) is 11.2 Å². The van der Waals surface area contributed by atoms with Crippen molar-refractivity contribution in [3.8, 4) is 0 Å². The van der Waals surface area contributed by atoms with Gasteiger partial charge in [0.05, 0.1) is 11.6 Å². The molecule has 2 atom stereocenters. The van der Waals surface area contributed by atoms with Gasteiger partial charge in [-0.1, -0.05) is 69.1 Å². The lowest BCUT2D eigenvalue weighted by molar-refractivity contribution is -0.167. The van der Waals surface area contributed by atoms with Gasteiger partial charge in [-0.2, -0.15) is 0 Å². The van der Waals surface area contributed by atoms with E-state index in [0.717, 1.165) is 5.56 Å². The molecule has 0 bridgehead atoms. The molecular formula is C30H41Cl2FN4O4. The predicted octanol–water partition coefficient (Wildman–Crippen LogP) is 5.38. The van der Waals surface area contributed by atoms with E-state index < -0.39 is 11.6 Å². The molecule has 4 rings (SSSR count). The highest BCUT2D eigenvalue weighted by Crippen LogP contribution is 2.41. The Bertz CT molecular complexity index is 1180. The Morgan fingerprint density at radius 2 is 1.71 bits per heavy atom. The molecule has 1 saturated heterocycles. The molecule has 0 spiro atoms. The number of anilines is 1. The van der Waals surface area contributed by atoms with Crippen molar-refractivity contribution in [3.63, 3.8) is 0 Å². The van der Waals surface area contributed by atoms with E-state index in [9.17, 15) is 18.8 Å². The lowest BCUT2D eigenvalue weighted by atomic mass is 9.77. The van der Waals surface area contributed by atoms with Crippen molar-refractivity contribution in [1.82, 2.24) is 10.6 Å². The molecule has 2 unspecified atom stereocenters. The number of rotatable bonds is 8. The zero-order valence-corrected chi connectivity index (χ0v) is 25.7. The zero-order chi connectivity index (χ0) is 30.8. The van der Waals surface area contributed by atoms with Gasteiger partial charge in [-0.25, -0.2) is 4.39 Å². The summed E-state index contributed by atoms with van der Waals surface area (Å²) in [5.74, 6) is -0.830. The fourth-order valence-corrected chi connectivity index (χ4v) is 5.13. The minimum Gasteiger partial charge on any atom is -0.458 e. The van der Waals surface area contributed by atoms with E-state index in [-0.39, 0.29) is 35.3 Å². The molecule has 2 amide bonds. The van der Waals surface area contributed by atoms with Crippen molar-refractivity contribution in [1.29, 1.82) is 0 Å². The SMILES string of the molecule is CC(C)(C)C.CC1(OC(=O)CN)CC(NC=O)C1.O=CNc1cc(Cl)ccc1C1CNCC1c1cccc(Cl)c1F. The monoisotopic (exact) mass is 610 g/mol. The Kier molecular flexibility index (Phi) is 13.0. The Morgan fingerprint density at radius 1 is 1.10 bits per heavy atom. The van der Waals surface area contributed by atoms with E-state index in [1.165, 1.54) is 0 Å². The van der Waals surface area contributed by atoms with Crippen molar-refractivity contribution in [2.75, 3.05) is 25.0 Å². The number of esters is 1. The van der Waals surface area contributed by atoms with Crippen LogP contribution in [0.15, 0.2) is 36.4 Å². The molecule has 0 radical (unpaired) electrons. The van der Waals surface area contributed by atoms with Gasteiger partial charge in [0.25, 0.3) is 0 Å². The summed E-state index contributed by atoms with van der Waals surface area (Å²) in [6, 6.07) is 10.5. The van der Waals surface area contributed by atoms with E-state index in [2.05, 4.69) is 43.6 Å². The van der Waals surface area contributed by atoms with E-state index in [1.807, 2.05) is 13.0 Å². The fourth-order valence-electron chi connectivity index (χ4n) is 4.78. The number of carbonyl (C=O) groups excluding carboxylic acids is 3. The molecule has 2 aliphatic rings. The quantitative estimate of drug-likeness (QED) is 0.235. The number of nitrogens with one attached hydrogen (secondary N) is 3. The fraction of sp³-hybridized carbons (Fsp3) is 0.500. The lowest BCUT2D eigenvalue weighted by Gasteiger charge is -2.43. The average molecular weight is 612 g/mol. The highest BCUT2D eigenvalue weighted by molar-refractivity contribution is 6.31. The number of nitrogens with two attached hydrogens (primary N) is 1. The second-order valence-corrected chi connectivity index (χ2v) is 12.9. The molecule has 2 aromatic rings. The van der Waals surface area contributed by atoms with Crippen LogP contribution in [0.25, 0.3) is 0 Å². The second-order valence-electron chi connectivity index (χ2n) is 12.0. The normalized spacial score (nSPS) is 23.0. The third-order valence-electron chi connectivity index (χ3n) is 6.41. The maximum absolute atomic E-state index is 14.4. The number of amides is 2.